The fraction of sp³-hybridized carbons (Fsp3) is 0.818. The van der Waals surface area contributed by atoms with Crippen molar-refractivity contribution in [2.75, 3.05) is 0 Å². The molecule has 2 unspecified atom stereocenters. The van der Waals surface area contributed by atoms with Gasteiger partial charge in [-0.25, -0.2) is 4.79 Å². The van der Waals surface area contributed by atoms with Gasteiger partial charge >= 0.3 is 5.97 Å². The second kappa shape index (κ2) is 5.14. The zero-order chi connectivity index (χ0) is 11.4. The second-order valence-corrected chi connectivity index (χ2v) is 4.33. The van der Waals surface area contributed by atoms with Crippen molar-refractivity contribution in [3.05, 3.63) is 0 Å². The Morgan fingerprint density at radius 1 is 1.60 bits per heavy atom. The van der Waals surface area contributed by atoms with Crippen LogP contribution in [0.3, 0.4) is 0 Å². The van der Waals surface area contributed by atoms with E-state index in [0.29, 0.717) is 6.41 Å². The number of hydrogen-bond donors (Lipinski definition) is 1. The summed E-state index contributed by atoms with van der Waals surface area (Å²) in [6, 6.07) is -0.474. The van der Waals surface area contributed by atoms with Crippen LogP contribution in [0, 0.1) is 5.92 Å². The van der Waals surface area contributed by atoms with Crippen LogP contribution >= 0.6 is 0 Å². The molecule has 2 atom stereocenters. The van der Waals surface area contributed by atoms with E-state index in [4.69, 9.17) is 5.11 Å². The SMILES string of the molecule is CCCC(C)C(C(=O)O)N(C=O)C1CC1. The van der Waals surface area contributed by atoms with Crippen LogP contribution in [0.1, 0.15) is 39.5 Å². The van der Waals surface area contributed by atoms with Crippen LogP contribution in [0.5, 0.6) is 0 Å². The van der Waals surface area contributed by atoms with E-state index in [-0.39, 0.29) is 12.0 Å². The number of amides is 1. The van der Waals surface area contributed by atoms with Gasteiger partial charge in [0.1, 0.15) is 6.04 Å². The molecular weight excluding hydrogens is 194 g/mol. The molecule has 1 rings (SSSR count). The normalized spacial score (nSPS) is 19.3. The van der Waals surface area contributed by atoms with Gasteiger partial charge < -0.3 is 10.0 Å². The Hall–Kier alpha value is -1.06. The van der Waals surface area contributed by atoms with Crippen LogP contribution in [-0.4, -0.2) is 34.5 Å². The molecule has 1 amide bonds. The van der Waals surface area contributed by atoms with E-state index in [1.54, 1.807) is 0 Å². The summed E-state index contributed by atoms with van der Waals surface area (Å²) in [5.74, 6) is -0.853. The Kier molecular flexibility index (Phi) is 4.12. The number of carbonyl (C=O) groups excluding carboxylic acids is 1. The number of rotatable bonds is 7. The second-order valence-electron chi connectivity index (χ2n) is 4.33. The minimum absolute atomic E-state index is 0.0262. The molecule has 0 saturated heterocycles. The quantitative estimate of drug-likeness (QED) is 0.652. The third-order valence-corrected chi connectivity index (χ3v) is 2.95. The van der Waals surface area contributed by atoms with Gasteiger partial charge in [0.25, 0.3) is 0 Å². The molecule has 1 aliphatic rings. The third-order valence-electron chi connectivity index (χ3n) is 2.95. The van der Waals surface area contributed by atoms with Crippen LogP contribution in [0.15, 0.2) is 0 Å². The van der Waals surface area contributed by atoms with Gasteiger partial charge in [0, 0.05) is 6.04 Å². The maximum atomic E-state index is 11.1. The molecule has 1 N–H and O–H groups in total. The molecule has 0 spiro atoms. The average Bonchev–Trinajstić information content (AvgIpc) is 2.96. The van der Waals surface area contributed by atoms with Gasteiger partial charge in [0.15, 0.2) is 0 Å². The molecular formula is C11H19NO3. The van der Waals surface area contributed by atoms with Gasteiger partial charge in [-0.15, -0.1) is 0 Å². The van der Waals surface area contributed by atoms with Crippen LogP contribution in [0.25, 0.3) is 0 Å². The van der Waals surface area contributed by atoms with Crippen LogP contribution in [0.4, 0.5) is 0 Å². The van der Waals surface area contributed by atoms with Gasteiger partial charge in [0.05, 0.1) is 0 Å². The molecule has 0 aromatic rings. The van der Waals surface area contributed by atoms with Gasteiger partial charge in [-0.3, -0.25) is 4.79 Å². The summed E-state index contributed by atoms with van der Waals surface area (Å²) >= 11 is 0. The number of carboxylic acid groups (broad SMARTS) is 1. The Balaban J connectivity index is 2.69. The minimum atomic E-state index is -0.880. The average molecular weight is 213 g/mol. The molecule has 0 aliphatic heterocycles. The Morgan fingerprint density at radius 3 is 2.53 bits per heavy atom. The highest BCUT2D eigenvalue weighted by molar-refractivity contribution is 5.77. The highest BCUT2D eigenvalue weighted by Gasteiger charge is 2.38. The van der Waals surface area contributed by atoms with Crippen molar-refractivity contribution < 1.29 is 14.7 Å². The van der Waals surface area contributed by atoms with E-state index in [1.807, 2.05) is 13.8 Å². The van der Waals surface area contributed by atoms with Crippen LogP contribution in [-0.2, 0) is 9.59 Å². The topological polar surface area (TPSA) is 57.6 Å². The summed E-state index contributed by atoms with van der Waals surface area (Å²) < 4.78 is 0. The molecule has 1 fully saturated rings. The molecule has 15 heavy (non-hydrogen) atoms. The number of aliphatic carboxylic acids is 1. The van der Waals surface area contributed by atoms with Crippen molar-refractivity contribution in [1.29, 1.82) is 0 Å². The first kappa shape index (κ1) is 12.0. The maximum absolute atomic E-state index is 11.1. The number of carbonyl (C=O) groups is 2. The zero-order valence-electron chi connectivity index (χ0n) is 9.35. The molecule has 4 nitrogen and oxygen atoms in total. The molecule has 0 aromatic carbocycles. The molecule has 0 radical (unpaired) electrons. The first-order chi connectivity index (χ1) is 7.11. The van der Waals surface area contributed by atoms with E-state index in [2.05, 4.69) is 0 Å². The summed E-state index contributed by atoms with van der Waals surface area (Å²) in [6.45, 7) is 3.93. The molecule has 0 heterocycles. The molecule has 1 aliphatic carbocycles. The monoisotopic (exact) mass is 213 g/mol. The first-order valence-corrected chi connectivity index (χ1v) is 5.57. The third kappa shape index (κ3) is 2.94. The largest absolute Gasteiger partial charge is 0.480 e. The van der Waals surface area contributed by atoms with Crippen LogP contribution < -0.4 is 0 Å². The standard InChI is InChI=1S/C11H19NO3/c1-3-4-8(2)10(11(14)15)12(7-13)9-5-6-9/h7-10H,3-6H2,1-2H3,(H,14,15). The smallest absolute Gasteiger partial charge is 0.326 e. The lowest BCUT2D eigenvalue weighted by atomic mass is 9.95. The summed E-state index contributed by atoms with van der Waals surface area (Å²) in [7, 11) is 0. The Labute approximate surface area is 90.3 Å². The lowest BCUT2D eigenvalue weighted by molar-refractivity contribution is -0.149. The zero-order valence-corrected chi connectivity index (χ0v) is 9.35. The predicted octanol–water partition coefficient (Wildman–Crippen LogP) is 1.50. The highest BCUT2D eigenvalue weighted by atomic mass is 16.4. The fourth-order valence-corrected chi connectivity index (χ4v) is 2.03. The van der Waals surface area contributed by atoms with E-state index in [1.165, 1.54) is 4.90 Å². The van der Waals surface area contributed by atoms with Crippen LogP contribution in [0.2, 0.25) is 0 Å². The molecule has 0 bridgehead atoms. The van der Waals surface area contributed by atoms with Crippen molar-refractivity contribution in [2.24, 2.45) is 5.92 Å². The van der Waals surface area contributed by atoms with E-state index in [9.17, 15) is 9.59 Å². The van der Waals surface area contributed by atoms with E-state index < -0.39 is 12.0 Å². The fourth-order valence-electron chi connectivity index (χ4n) is 2.03. The molecule has 1 saturated carbocycles. The highest BCUT2D eigenvalue weighted by Crippen LogP contribution is 2.30. The van der Waals surface area contributed by atoms with Gasteiger partial charge in [-0.05, 0) is 25.2 Å². The summed E-state index contributed by atoms with van der Waals surface area (Å²) in [6.07, 6.45) is 4.38. The van der Waals surface area contributed by atoms with Gasteiger partial charge in [0.2, 0.25) is 6.41 Å². The molecule has 4 heteroatoms. The summed E-state index contributed by atoms with van der Waals surface area (Å²) in [5, 5.41) is 9.15. The predicted molar refractivity (Wildman–Crippen MR) is 56.4 cm³/mol. The first-order valence-electron chi connectivity index (χ1n) is 5.57. The molecule has 0 aromatic heterocycles. The lowest BCUT2D eigenvalue weighted by Gasteiger charge is -2.29. The Morgan fingerprint density at radius 2 is 2.20 bits per heavy atom. The van der Waals surface area contributed by atoms with E-state index >= 15 is 0 Å². The van der Waals surface area contributed by atoms with Crippen molar-refractivity contribution in [1.82, 2.24) is 4.90 Å². The van der Waals surface area contributed by atoms with Crippen molar-refractivity contribution in [3.8, 4) is 0 Å². The van der Waals surface area contributed by atoms with Crippen molar-refractivity contribution >= 4 is 12.4 Å². The number of hydrogen-bond acceptors (Lipinski definition) is 2. The van der Waals surface area contributed by atoms with Crippen molar-refractivity contribution in [2.45, 2.75) is 51.6 Å². The summed E-state index contributed by atoms with van der Waals surface area (Å²) in [5.41, 5.74) is 0. The summed E-state index contributed by atoms with van der Waals surface area (Å²) in [4.78, 5) is 23.5. The lowest BCUT2D eigenvalue weighted by Crippen LogP contribution is -2.46. The maximum Gasteiger partial charge on any atom is 0.326 e. The number of carboxylic acids is 1. The number of nitrogens with zero attached hydrogens (tertiary/aromatic N) is 1. The van der Waals surface area contributed by atoms with E-state index in [0.717, 1.165) is 25.7 Å². The Bertz CT molecular complexity index is 238. The van der Waals surface area contributed by atoms with Gasteiger partial charge in [-0.2, -0.15) is 0 Å². The van der Waals surface area contributed by atoms with Gasteiger partial charge in [-0.1, -0.05) is 20.3 Å². The van der Waals surface area contributed by atoms with Crippen molar-refractivity contribution in [3.63, 3.8) is 0 Å². The minimum Gasteiger partial charge on any atom is -0.480 e. The molecule has 86 valence electrons.